The summed E-state index contributed by atoms with van der Waals surface area (Å²) in [7, 11) is 4.14. The van der Waals surface area contributed by atoms with E-state index in [4.69, 9.17) is 4.74 Å². The zero-order valence-electron chi connectivity index (χ0n) is 17.1. The van der Waals surface area contributed by atoms with Crippen LogP contribution in [-0.2, 0) is 23.6 Å². The second kappa shape index (κ2) is 8.32. The van der Waals surface area contributed by atoms with Gasteiger partial charge in [0.05, 0.1) is 25.0 Å². The maximum atomic E-state index is 12.9. The molecule has 0 fully saturated rings. The van der Waals surface area contributed by atoms with Crippen molar-refractivity contribution >= 4 is 22.9 Å². The molecular formula is C21H22N4O5. The van der Waals surface area contributed by atoms with Gasteiger partial charge in [-0.15, -0.1) is 0 Å². The molecule has 1 amide bonds. The Balaban J connectivity index is 1.98. The number of aryl methyl sites for hydroxylation is 2. The molecule has 0 spiro atoms. The molecule has 0 saturated carbocycles. The van der Waals surface area contributed by atoms with E-state index in [9.17, 15) is 19.2 Å². The number of carbonyl (C=O) groups is 2. The molecule has 2 aromatic heterocycles. The average molecular weight is 410 g/mol. The summed E-state index contributed by atoms with van der Waals surface area (Å²) in [5.74, 6) is -1.02. The van der Waals surface area contributed by atoms with Crippen LogP contribution in [0.4, 0.5) is 0 Å². The van der Waals surface area contributed by atoms with E-state index in [-0.39, 0.29) is 23.1 Å². The number of aromatic nitrogens is 3. The molecule has 1 unspecified atom stereocenters. The number of benzene rings is 1. The van der Waals surface area contributed by atoms with Gasteiger partial charge >= 0.3 is 11.7 Å². The highest BCUT2D eigenvalue weighted by molar-refractivity contribution is 5.94. The number of methoxy groups -OCH3 is 1. The third kappa shape index (κ3) is 4.00. The minimum absolute atomic E-state index is 0.0210. The van der Waals surface area contributed by atoms with Crippen LogP contribution in [-0.4, -0.2) is 33.1 Å². The lowest BCUT2D eigenvalue weighted by Gasteiger charge is -2.18. The fourth-order valence-corrected chi connectivity index (χ4v) is 3.11. The van der Waals surface area contributed by atoms with Gasteiger partial charge in [-0.05, 0) is 24.6 Å². The topological polar surface area (TPSA) is 112 Å². The molecule has 1 aromatic carbocycles. The number of nitrogens with one attached hydrogen (secondary N) is 1. The molecule has 2 heterocycles. The summed E-state index contributed by atoms with van der Waals surface area (Å²) in [6.07, 6.45) is -0.0576. The lowest BCUT2D eigenvalue weighted by Crippen LogP contribution is -2.37. The Morgan fingerprint density at radius 3 is 2.37 bits per heavy atom. The largest absolute Gasteiger partial charge is 0.469 e. The van der Waals surface area contributed by atoms with Crippen LogP contribution in [0.25, 0.3) is 11.0 Å². The number of ether oxygens (including phenoxy) is 1. The quantitative estimate of drug-likeness (QED) is 0.628. The van der Waals surface area contributed by atoms with Crippen molar-refractivity contribution in [3.8, 4) is 0 Å². The fourth-order valence-electron chi connectivity index (χ4n) is 3.11. The van der Waals surface area contributed by atoms with Crippen molar-refractivity contribution in [2.75, 3.05) is 7.11 Å². The Hall–Kier alpha value is -3.75. The van der Waals surface area contributed by atoms with Gasteiger partial charge in [0.15, 0.2) is 0 Å². The molecule has 0 aliphatic heterocycles. The van der Waals surface area contributed by atoms with E-state index in [1.807, 2.05) is 31.2 Å². The van der Waals surface area contributed by atoms with Crippen LogP contribution in [0.3, 0.4) is 0 Å². The van der Waals surface area contributed by atoms with E-state index >= 15 is 0 Å². The molecule has 0 radical (unpaired) electrons. The number of esters is 1. The first-order valence-corrected chi connectivity index (χ1v) is 9.24. The Bertz CT molecular complexity index is 1240. The normalized spacial score (nSPS) is 11.9. The molecule has 1 atom stereocenters. The number of amides is 1. The molecule has 3 aromatic rings. The van der Waals surface area contributed by atoms with Gasteiger partial charge in [0.25, 0.3) is 11.5 Å². The van der Waals surface area contributed by atoms with Crippen LogP contribution in [0.15, 0.2) is 46.0 Å². The van der Waals surface area contributed by atoms with Gasteiger partial charge in [-0.3, -0.25) is 23.5 Å². The van der Waals surface area contributed by atoms with Gasteiger partial charge in [-0.1, -0.05) is 29.8 Å². The van der Waals surface area contributed by atoms with Crippen LogP contribution in [0.5, 0.6) is 0 Å². The summed E-state index contributed by atoms with van der Waals surface area (Å²) in [6, 6.07) is 9.65. The Kier molecular flexibility index (Phi) is 5.81. The van der Waals surface area contributed by atoms with E-state index in [0.29, 0.717) is 0 Å². The van der Waals surface area contributed by atoms with E-state index < -0.39 is 29.2 Å². The van der Waals surface area contributed by atoms with Crippen LogP contribution >= 0.6 is 0 Å². The van der Waals surface area contributed by atoms with Crippen molar-refractivity contribution in [1.29, 1.82) is 0 Å². The molecule has 0 saturated heterocycles. The maximum absolute atomic E-state index is 12.9. The first-order chi connectivity index (χ1) is 14.2. The van der Waals surface area contributed by atoms with Gasteiger partial charge in [-0.25, -0.2) is 9.78 Å². The van der Waals surface area contributed by atoms with Gasteiger partial charge in [0.2, 0.25) is 0 Å². The second-order valence-corrected chi connectivity index (χ2v) is 6.99. The molecule has 0 bridgehead atoms. The zero-order chi connectivity index (χ0) is 22.0. The van der Waals surface area contributed by atoms with Crippen molar-refractivity contribution in [3.05, 3.63) is 74.1 Å². The lowest BCUT2D eigenvalue weighted by atomic mass is 10.0. The Morgan fingerprint density at radius 2 is 1.73 bits per heavy atom. The average Bonchev–Trinajstić information content (AvgIpc) is 2.75. The number of fused-ring (bicyclic) bond motifs is 1. The van der Waals surface area contributed by atoms with Crippen LogP contribution in [0, 0.1) is 6.92 Å². The predicted octanol–water partition coefficient (Wildman–Crippen LogP) is 0.975. The van der Waals surface area contributed by atoms with Crippen LogP contribution in [0.1, 0.15) is 34.1 Å². The summed E-state index contributed by atoms with van der Waals surface area (Å²) in [4.78, 5) is 53.4. The third-order valence-electron chi connectivity index (χ3n) is 4.92. The van der Waals surface area contributed by atoms with Gasteiger partial charge in [-0.2, -0.15) is 0 Å². The second-order valence-electron chi connectivity index (χ2n) is 6.99. The van der Waals surface area contributed by atoms with Crippen molar-refractivity contribution in [1.82, 2.24) is 19.4 Å². The van der Waals surface area contributed by atoms with Crippen LogP contribution < -0.4 is 16.6 Å². The molecule has 0 aliphatic rings. The number of nitrogens with zero attached hydrogens (tertiary/aromatic N) is 3. The van der Waals surface area contributed by atoms with E-state index in [0.717, 1.165) is 15.7 Å². The van der Waals surface area contributed by atoms with Gasteiger partial charge in [0.1, 0.15) is 11.3 Å². The maximum Gasteiger partial charge on any atom is 0.332 e. The number of carbonyl (C=O) groups excluding carboxylic acids is 2. The monoisotopic (exact) mass is 410 g/mol. The minimum atomic E-state index is -0.629. The van der Waals surface area contributed by atoms with Gasteiger partial charge < -0.3 is 10.1 Å². The van der Waals surface area contributed by atoms with E-state index in [2.05, 4.69) is 10.3 Å². The molecule has 0 aliphatic carbocycles. The van der Waals surface area contributed by atoms with Crippen molar-refractivity contribution in [3.63, 3.8) is 0 Å². The number of pyridine rings is 1. The molecule has 9 nitrogen and oxygen atoms in total. The summed E-state index contributed by atoms with van der Waals surface area (Å²) in [5.41, 5.74) is 0.877. The SMILES string of the molecule is COC(=O)CC(NC(=O)c1ccc2c(=O)n(C)c(=O)n(C)c2n1)c1ccc(C)cc1. The third-order valence-corrected chi connectivity index (χ3v) is 4.92. The number of rotatable bonds is 5. The molecule has 30 heavy (non-hydrogen) atoms. The minimum Gasteiger partial charge on any atom is -0.469 e. The molecule has 3 rings (SSSR count). The molecule has 156 valence electrons. The van der Waals surface area contributed by atoms with Crippen molar-refractivity contribution < 1.29 is 14.3 Å². The molecule has 9 heteroatoms. The summed E-state index contributed by atoms with van der Waals surface area (Å²) in [6.45, 7) is 1.94. The fraction of sp³-hybridized carbons (Fsp3) is 0.286. The Morgan fingerprint density at radius 1 is 1.07 bits per heavy atom. The highest BCUT2D eigenvalue weighted by Gasteiger charge is 2.21. The first kappa shape index (κ1) is 21.0. The lowest BCUT2D eigenvalue weighted by molar-refractivity contribution is -0.141. The summed E-state index contributed by atoms with van der Waals surface area (Å²) >= 11 is 0. The highest BCUT2D eigenvalue weighted by Crippen LogP contribution is 2.19. The smallest absolute Gasteiger partial charge is 0.332 e. The Labute approximate surface area is 171 Å². The van der Waals surface area contributed by atoms with Gasteiger partial charge in [0, 0.05) is 14.1 Å². The first-order valence-electron chi connectivity index (χ1n) is 9.24. The van der Waals surface area contributed by atoms with Crippen molar-refractivity contribution in [2.45, 2.75) is 19.4 Å². The van der Waals surface area contributed by atoms with Crippen molar-refractivity contribution in [2.24, 2.45) is 14.1 Å². The van der Waals surface area contributed by atoms with Crippen LogP contribution in [0.2, 0.25) is 0 Å². The highest BCUT2D eigenvalue weighted by atomic mass is 16.5. The standard InChI is InChI=1S/C21H22N4O5/c1-12-5-7-13(8-6-12)16(11-17(26)30-4)23-19(27)15-10-9-14-18(22-15)24(2)21(29)25(3)20(14)28/h5-10,16H,11H2,1-4H3,(H,23,27). The molecular weight excluding hydrogens is 388 g/mol. The zero-order valence-corrected chi connectivity index (χ0v) is 17.1. The van der Waals surface area contributed by atoms with E-state index in [1.54, 1.807) is 0 Å². The van der Waals surface area contributed by atoms with E-state index in [1.165, 1.54) is 37.9 Å². The molecule has 1 N–H and O–H groups in total. The number of hydrogen-bond donors (Lipinski definition) is 1. The predicted molar refractivity (Wildman–Crippen MR) is 110 cm³/mol. The summed E-state index contributed by atoms with van der Waals surface area (Å²) < 4.78 is 6.93. The summed E-state index contributed by atoms with van der Waals surface area (Å²) in [5, 5.41) is 3.01. The number of hydrogen-bond acceptors (Lipinski definition) is 6.